The Balaban J connectivity index is 2.26. The summed E-state index contributed by atoms with van der Waals surface area (Å²) in [7, 11) is 1.91. The average molecular weight is 727 g/mol. The maximum atomic E-state index is 8.19. The fraction of sp³-hybridized carbons (Fsp3) is 0.455. The summed E-state index contributed by atoms with van der Waals surface area (Å²) in [5.41, 5.74) is 3.87. The van der Waals surface area contributed by atoms with Crippen LogP contribution in [0.3, 0.4) is 0 Å². The fourth-order valence-corrected chi connectivity index (χ4v) is 16.3. The lowest BCUT2D eigenvalue weighted by Gasteiger charge is -2.37. The minimum absolute atomic E-state index is 0.215. The van der Waals surface area contributed by atoms with E-state index in [2.05, 4.69) is 156 Å². The smallest absolute Gasteiger partial charge is 0.229 e. The molecule has 0 atom stereocenters. The van der Waals surface area contributed by atoms with E-state index < -0.39 is 18.1 Å². The number of ether oxygens (including phenoxy) is 4. The summed E-state index contributed by atoms with van der Waals surface area (Å²) in [5.74, 6) is 3.53. The van der Waals surface area contributed by atoms with E-state index in [-0.39, 0.29) is 21.7 Å². The van der Waals surface area contributed by atoms with E-state index in [1.807, 2.05) is 0 Å². The van der Waals surface area contributed by atoms with Crippen LogP contribution in [-0.2, 0) is 25.8 Å². The van der Waals surface area contributed by atoms with Gasteiger partial charge in [0.1, 0.15) is 23.0 Å². The topological polar surface area (TPSA) is 46.2 Å². The van der Waals surface area contributed by atoms with E-state index in [1.165, 1.54) is 43.0 Å². The van der Waals surface area contributed by atoms with Crippen LogP contribution in [0.5, 0.6) is 23.0 Å². The summed E-state index contributed by atoms with van der Waals surface area (Å²) in [6, 6.07) is 26.0. The van der Waals surface area contributed by atoms with Crippen LogP contribution in [0.2, 0.25) is 0 Å². The molecule has 0 saturated carbocycles. The van der Waals surface area contributed by atoms with Gasteiger partial charge in [-0.3, -0.25) is 0 Å². The molecule has 0 amide bonds. The van der Waals surface area contributed by atoms with E-state index in [0.29, 0.717) is 0 Å². The van der Waals surface area contributed by atoms with Gasteiger partial charge in [-0.15, -0.1) is 0 Å². The number of methoxy groups -OCH3 is 4. The Labute approximate surface area is 312 Å². The molecule has 0 N–H and O–H groups in total. The van der Waals surface area contributed by atoms with Gasteiger partial charge in [0.25, 0.3) is 0 Å². The van der Waals surface area contributed by atoms with Gasteiger partial charge >= 0.3 is 0 Å². The molecule has 0 aliphatic rings. The molecule has 4 rings (SSSR count). The van der Waals surface area contributed by atoms with Gasteiger partial charge in [0, 0.05) is 22.3 Å². The Morgan fingerprint density at radius 2 is 0.529 bits per heavy atom. The van der Waals surface area contributed by atoms with Crippen LogP contribution < -0.4 is 39.7 Å². The first-order valence-corrected chi connectivity index (χ1v) is 21.3. The molecule has 5 nitrogen and oxygen atoms in total. The second-order valence-electron chi connectivity index (χ2n) is 17.6. The first-order valence-electron chi connectivity index (χ1n) is 18.1. The van der Waals surface area contributed by atoms with Crippen LogP contribution in [0.4, 0.5) is 0 Å². The van der Waals surface area contributed by atoms with Crippen molar-refractivity contribution in [2.75, 3.05) is 28.4 Å². The molecular weight excluding hydrogens is 665 g/mol. The highest BCUT2D eigenvalue weighted by Crippen LogP contribution is 2.36. The summed E-state index contributed by atoms with van der Waals surface area (Å²) in [5, 5.41) is 4.88. The van der Waals surface area contributed by atoms with Gasteiger partial charge in [-0.2, -0.15) is 0 Å². The first-order chi connectivity index (χ1) is 23.7. The normalized spacial score (nSPS) is 12.7. The zero-order chi connectivity index (χ0) is 38.1. The molecule has 0 aliphatic carbocycles. The number of rotatable bonds is 10. The maximum absolute atomic E-state index is 8.19. The molecule has 7 heteroatoms. The van der Waals surface area contributed by atoms with Crippen molar-refractivity contribution in [2.45, 2.75) is 105 Å². The van der Waals surface area contributed by atoms with Crippen molar-refractivity contribution in [2.24, 2.45) is 0 Å². The highest BCUT2D eigenvalue weighted by Gasteiger charge is 2.40. The molecule has 0 fully saturated rings. The lowest BCUT2D eigenvalue weighted by atomic mass is 9.86. The molecule has 4 aromatic rings. The first kappa shape index (κ1) is 40.2. The van der Waals surface area contributed by atoms with Crippen LogP contribution in [0.25, 0.3) is 0 Å². The second-order valence-corrected chi connectivity index (χ2v) is 22.7. The molecule has 0 saturated heterocycles. The van der Waals surface area contributed by atoms with Gasteiger partial charge in [-0.05, 0) is 66.7 Å². The quantitative estimate of drug-likeness (QED) is 0.161. The maximum Gasteiger partial charge on any atom is 0.229 e. The fourth-order valence-electron chi connectivity index (χ4n) is 7.72. The van der Waals surface area contributed by atoms with E-state index in [4.69, 9.17) is 23.1 Å². The molecule has 0 bridgehead atoms. The van der Waals surface area contributed by atoms with Gasteiger partial charge in [-0.1, -0.05) is 132 Å². The van der Waals surface area contributed by atoms with Crippen molar-refractivity contribution in [1.82, 2.24) is 0 Å². The molecular formula is C44H62O5Si2. The zero-order valence-corrected chi connectivity index (χ0v) is 36.4. The standard InChI is InChI=1S/C44H62O5Si2/c1-41(2,3)37-29(45-13)21-17-25-33(37)50(34-26-18-22-30(46-14)38(34)42(4,5)6)49-51(35-27-19-23-31(47-15)39(35)43(7,8)9)36-28-20-24-32(48-16)40(36)44(10,11)12/h17-28,50-51H,1-16H3. The summed E-state index contributed by atoms with van der Waals surface area (Å²) in [6.07, 6.45) is 0. The van der Waals surface area contributed by atoms with Gasteiger partial charge in [0.2, 0.25) is 18.1 Å². The minimum Gasteiger partial charge on any atom is -0.496 e. The molecule has 4 aromatic carbocycles. The Kier molecular flexibility index (Phi) is 12.0. The number of benzene rings is 4. The monoisotopic (exact) mass is 726 g/mol. The summed E-state index contributed by atoms with van der Waals surface area (Å²) in [4.78, 5) is 0. The summed E-state index contributed by atoms with van der Waals surface area (Å²) < 4.78 is 32.7. The highest BCUT2D eigenvalue weighted by atomic mass is 28.4. The minimum atomic E-state index is -2.59. The molecule has 276 valence electrons. The largest absolute Gasteiger partial charge is 0.496 e. The van der Waals surface area contributed by atoms with E-state index in [0.717, 1.165) is 23.0 Å². The van der Waals surface area contributed by atoms with Crippen molar-refractivity contribution in [1.29, 1.82) is 0 Å². The van der Waals surface area contributed by atoms with Crippen LogP contribution in [0.1, 0.15) is 105 Å². The van der Waals surface area contributed by atoms with Gasteiger partial charge in [0.15, 0.2) is 0 Å². The van der Waals surface area contributed by atoms with E-state index in [1.54, 1.807) is 28.4 Å². The predicted octanol–water partition coefficient (Wildman–Crippen LogP) is 7.30. The Morgan fingerprint density at radius 1 is 0.333 bits per heavy atom. The Bertz CT molecular complexity index is 1560. The summed E-state index contributed by atoms with van der Waals surface area (Å²) in [6.45, 7) is 27.2. The average Bonchev–Trinajstić information content (AvgIpc) is 3.05. The van der Waals surface area contributed by atoms with Gasteiger partial charge in [-0.25, -0.2) is 0 Å². The predicted molar refractivity (Wildman–Crippen MR) is 221 cm³/mol. The molecule has 0 unspecified atom stereocenters. The van der Waals surface area contributed by atoms with Crippen LogP contribution >= 0.6 is 0 Å². The van der Waals surface area contributed by atoms with Crippen molar-refractivity contribution in [3.8, 4) is 23.0 Å². The number of hydrogen-bond donors (Lipinski definition) is 0. The lowest BCUT2D eigenvalue weighted by Crippen LogP contribution is -2.60. The Morgan fingerprint density at radius 3 is 0.686 bits per heavy atom. The third kappa shape index (κ3) is 8.42. The van der Waals surface area contributed by atoms with E-state index >= 15 is 0 Å². The van der Waals surface area contributed by atoms with Gasteiger partial charge in [0.05, 0.1) is 28.4 Å². The molecule has 0 radical (unpaired) electrons. The lowest BCUT2D eigenvalue weighted by molar-refractivity contribution is 0.398. The molecule has 0 aromatic heterocycles. The van der Waals surface area contributed by atoms with E-state index in [9.17, 15) is 0 Å². The van der Waals surface area contributed by atoms with Crippen LogP contribution in [0, 0.1) is 0 Å². The SMILES string of the molecule is COc1cccc([SiH](O[SiH](c2cccc(OC)c2C(C)(C)C)c2cccc(OC)c2C(C)(C)C)c2cccc(OC)c2C(C)(C)C)c1C(C)(C)C. The number of hydrogen-bond acceptors (Lipinski definition) is 5. The highest BCUT2D eigenvalue weighted by molar-refractivity contribution is 6.92. The van der Waals surface area contributed by atoms with Crippen molar-refractivity contribution < 1.29 is 23.1 Å². The molecule has 0 aliphatic heterocycles. The second kappa shape index (κ2) is 15.2. The third-order valence-corrected chi connectivity index (χ3v) is 15.9. The third-order valence-electron chi connectivity index (χ3n) is 9.52. The van der Waals surface area contributed by atoms with Gasteiger partial charge < -0.3 is 23.1 Å². The van der Waals surface area contributed by atoms with Crippen molar-refractivity contribution in [3.63, 3.8) is 0 Å². The molecule has 51 heavy (non-hydrogen) atoms. The Hall–Kier alpha value is -3.53. The summed E-state index contributed by atoms with van der Waals surface area (Å²) >= 11 is 0. The molecule has 0 heterocycles. The zero-order valence-electron chi connectivity index (χ0n) is 34.1. The van der Waals surface area contributed by atoms with Crippen LogP contribution in [-0.4, -0.2) is 46.5 Å². The van der Waals surface area contributed by atoms with Crippen LogP contribution in [0.15, 0.2) is 72.8 Å². The molecule has 0 spiro atoms. The van der Waals surface area contributed by atoms with Crippen molar-refractivity contribution in [3.05, 3.63) is 95.1 Å². The van der Waals surface area contributed by atoms with Crippen molar-refractivity contribution >= 4 is 38.8 Å².